The monoisotopic (exact) mass is 391 g/mol. The lowest BCUT2D eigenvalue weighted by Crippen LogP contribution is -2.37. The van der Waals surface area contributed by atoms with E-state index in [1.807, 2.05) is 4.90 Å². The van der Waals surface area contributed by atoms with Crippen LogP contribution in [0.1, 0.15) is 5.69 Å². The molecule has 0 atom stereocenters. The first-order valence-electron chi connectivity index (χ1n) is 8.35. The average molecular weight is 391 g/mol. The number of ether oxygens (including phenoxy) is 1. The number of rotatable bonds is 5. The smallest absolute Gasteiger partial charge is 0.316 e. The summed E-state index contributed by atoms with van der Waals surface area (Å²) in [7, 11) is -3.24. The Morgan fingerprint density at radius 1 is 1.22 bits per heavy atom. The molecule has 144 valence electrons. The Hall–Kier alpha value is -2.72. The first-order valence-corrected chi connectivity index (χ1v) is 10.4. The van der Waals surface area contributed by atoms with Crippen molar-refractivity contribution in [2.24, 2.45) is 5.73 Å². The van der Waals surface area contributed by atoms with Gasteiger partial charge in [-0.2, -0.15) is 0 Å². The molecule has 9 nitrogen and oxygen atoms in total. The number of hydrogen-bond acceptors (Lipinski definition) is 7. The number of hydrogen-bond donors (Lipinski definition) is 2. The van der Waals surface area contributed by atoms with Gasteiger partial charge in [0.1, 0.15) is 5.82 Å². The van der Waals surface area contributed by atoms with Crippen molar-refractivity contribution in [3.05, 3.63) is 36.0 Å². The van der Waals surface area contributed by atoms with E-state index in [-0.39, 0.29) is 5.75 Å². The molecule has 3 N–H and O–H groups in total. The average Bonchev–Trinajstić information content (AvgIpc) is 2.61. The Bertz CT molecular complexity index is 925. The maximum atomic E-state index is 11.7. The number of carbonyl (C=O) groups is 1. The molecule has 1 fully saturated rings. The number of anilines is 2. The van der Waals surface area contributed by atoms with Gasteiger partial charge in [-0.1, -0.05) is 0 Å². The SMILES string of the molecule is CS(=O)(=O)Cc1cc(N2CCOCC2)nc(-c2ccc(NC(N)=O)cc2)n1. The molecule has 0 spiro atoms. The maximum Gasteiger partial charge on any atom is 0.316 e. The van der Waals surface area contributed by atoms with Crippen molar-refractivity contribution in [1.82, 2.24) is 9.97 Å². The van der Waals surface area contributed by atoms with E-state index in [2.05, 4.69) is 15.3 Å². The number of morpholine rings is 1. The van der Waals surface area contributed by atoms with Gasteiger partial charge in [0, 0.05) is 36.7 Å². The third-order valence-electron chi connectivity index (χ3n) is 3.92. The van der Waals surface area contributed by atoms with Crippen LogP contribution in [0, 0.1) is 0 Å². The van der Waals surface area contributed by atoms with Crippen LogP contribution in [0.5, 0.6) is 0 Å². The van der Waals surface area contributed by atoms with Crippen molar-refractivity contribution in [3.63, 3.8) is 0 Å². The van der Waals surface area contributed by atoms with E-state index in [9.17, 15) is 13.2 Å². The Kier molecular flexibility index (Phi) is 5.57. The molecule has 1 aliphatic heterocycles. The number of primary amides is 1. The number of nitrogens with two attached hydrogens (primary N) is 1. The van der Waals surface area contributed by atoms with Gasteiger partial charge in [-0.25, -0.2) is 23.2 Å². The molecule has 1 aromatic heterocycles. The Morgan fingerprint density at radius 2 is 1.89 bits per heavy atom. The minimum absolute atomic E-state index is 0.166. The van der Waals surface area contributed by atoms with Crippen molar-refractivity contribution in [1.29, 1.82) is 0 Å². The summed E-state index contributed by atoms with van der Waals surface area (Å²) in [5, 5.41) is 2.49. The van der Waals surface area contributed by atoms with Crippen molar-refractivity contribution in [3.8, 4) is 11.4 Å². The maximum absolute atomic E-state index is 11.7. The predicted molar refractivity (Wildman–Crippen MR) is 102 cm³/mol. The zero-order valence-electron chi connectivity index (χ0n) is 14.9. The standard InChI is InChI=1S/C17H21N5O4S/c1-27(24,25)11-14-10-15(22-6-8-26-9-7-22)21-16(19-14)12-2-4-13(5-3-12)20-17(18)23/h2-5,10H,6-9,11H2,1H3,(H3,18,20,23). The van der Waals surface area contributed by atoms with E-state index in [4.69, 9.17) is 10.5 Å². The van der Waals surface area contributed by atoms with Crippen LogP contribution >= 0.6 is 0 Å². The zero-order valence-corrected chi connectivity index (χ0v) is 15.7. The highest BCUT2D eigenvalue weighted by Gasteiger charge is 2.17. The number of amides is 2. The molecule has 2 amide bonds. The summed E-state index contributed by atoms with van der Waals surface area (Å²) in [4.78, 5) is 22.0. The number of aromatic nitrogens is 2. The van der Waals surface area contributed by atoms with Crippen LogP contribution in [0.3, 0.4) is 0 Å². The summed E-state index contributed by atoms with van der Waals surface area (Å²) in [6.07, 6.45) is 1.17. The Balaban J connectivity index is 1.97. The molecule has 10 heteroatoms. The fourth-order valence-corrected chi connectivity index (χ4v) is 3.44. The minimum atomic E-state index is -3.24. The number of nitrogens with one attached hydrogen (secondary N) is 1. The zero-order chi connectivity index (χ0) is 19.4. The third kappa shape index (κ3) is 5.38. The van der Waals surface area contributed by atoms with E-state index in [1.165, 1.54) is 6.26 Å². The van der Waals surface area contributed by atoms with Gasteiger partial charge < -0.3 is 20.7 Å². The minimum Gasteiger partial charge on any atom is -0.378 e. The number of sulfone groups is 1. The van der Waals surface area contributed by atoms with E-state index < -0.39 is 15.9 Å². The molecular formula is C17H21N5O4S. The molecule has 0 saturated carbocycles. The summed E-state index contributed by atoms with van der Waals surface area (Å²) in [5.74, 6) is 0.922. The van der Waals surface area contributed by atoms with Gasteiger partial charge in [-0.05, 0) is 24.3 Å². The normalized spacial score (nSPS) is 14.8. The van der Waals surface area contributed by atoms with Crippen LogP contribution in [0.4, 0.5) is 16.3 Å². The van der Waals surface area contributed by atoms with E-state index in [0.29, 0.717) is 54.9 Å². The molecular weight excluding hydrogens is 370 g/mol. The lowest BCUT2D eigenvalue weighted by atomic mass is 10.2. The molecule has 3 rings (SSSR count). The molecule has 0 radical (unpaired) electrons. The Morgan fingerprint density at radius 3 is 2.48 bits per heavy atom. The number of carbonyl (C=O) groups excluding carboxylic acids is 1. The van der Waals surface area contributed by atoms with Crippen LogP contribution in [0.2, 0.25) is 0 Å². The van der Waals surface area contributed by atoms with Gasteiger partial charge in [0.15, 0.2) is 15.7 Å². The summed E-state index contributed by atoms with van der Waals surface area (Å²) in [6.45, 7) is 2.54. The van der Waals surface area contributed by atoms with Crippen LogP contribution in [-0.2, 0) is 20.3 Å². The van der Waals surface area contributed by atoms with Gasteiger partial charge >= 0.3 is 6.03 Å². The molecule has 27 heavy (non-hydrogen) atoms. The number of urea groups is 1. The second-order valence-electron chi connectivity index (χ2n) is 6.28. The lowest BCUT2D eigenvalue weighted by Gasteiger charge is -2.28. The summed E-state index contributed by atoms with van der Waals surface area (Å²) >= 11 is 0. The quantitative estimate of drug-likeness (QED) is 0.779. The third-order valence-corrected chi connectivity index (χ3v) is 4.74. The highest BCUT2D eigenvalue weighted by molar-refractivity contribution is 7.89. The predicted octanol–water partition coefficient (Wildman–Crippen LogP) is 1.02. The molecule has 1 aromatic carbocycles. The summed E-state index contributed by atoms with van der Waals surface area (Å²) < 4.78 is 28.8. The topological polar surface area (TPSA) is 128 Å². The second kappa shape index (κ2) is 7.89. The fraction of sp³-hybridized carbons (Fsp3) is 0.353. The van der Waals surface area contributed by atoms with Crippen molar-refractivity contribution < 1.29 is 17.9 Å². The first-order chi connectivity index (χ1) is 12.8. The molecule has 0 bridgehead atoms. The van der Waals surface area contributed by atoms with E-state index >= 15 is 0 Å². The van der Waals surface area contributed by atoms with Gasteiger partial charge in [0.2, 0.25) is 0 Å². The van der Waals surface area contributed by atoms with Crippen molar-refractivity contribution in [2.75, 3.05) is 42.8 Å². The molecule has 2 aromatic rings. The summed E-state index contributed by atoms with van der Waals surface area (Å²) in [6, 6.07) is 7.91. The first kappa shape index (κ1) is 19.1. The molecule has 0 aliphatic carbocycles. The lowest BCUT2D eigenvalue weighted by molar-refractivity contribution is 0.122. The molecule has 1 aliphatic rings. The van der Waals surface area contributed by atoms with Gasteiger partial charge in [0.25, 0.3) is 0 Å². The van der Waals surface area contributed by atoms with E-state index in [0.717, 1.165) is 0 Å². The highest BCUT2D eigenvalue weighted by atomic mass is 32.2. The Labute approximate surface area is 157 Å². The van der Waals surface area contributed by atoms with Crippen LogP contribution in [0.15, 0.2) is 30.3 Å². The van der Waals surface area contributed by atoms with Crippen LogP contribution < -0.4 is 16.0 Å². The summed E-state index contributed by atoms with van der Waals surface area (Å²) in [5.41, 5.74) is 6.79. The second-order valence-corrected chi connectivity index (χ2v) is 8.42. The van der Waals surface area contributed by atoms with Crippen LogP contribution in [0.25, 0.3) is 11.4 Å². The molecule has 1 saturated heterocycles. The molecule has 0 unspecified atom stereocenters. The van der Waals surface area contributed by atoms with Crippen LogP contribution in [-0.4, -0.2) is 57.0 Å². The van der Waals surface area contributed by atoms with Gasteiger partial charge in [0.05, 0.1) is 24.7 Å². The van der Waals surface area contributed by atoms with E-state index in [1.54, 1.807) is 30.3 Å². The number of nitrogens with zero attached hydrogens (tertiary/aromatic N) is 3. The number of benzene rings is 1. The fourth-order valence-electron chi connectivity index (χ4n) is 2.75. The largest absolute Gasteiger partial charge is 0.378 e. The van der Waals surface area contributed by atoms with Crippen molar-refractivity contribution >= 4 is 27.4 Å². The highest BCUT2D eigenvalue weighted by Crippen LogP contribution is 2.23. The van der Waals surface area contributed by atoms with Gasteiger partial charge in [-0.3, -0.25) is 0 Å². The van der Waals surface area contributed by atoms with Crippen molar-refractivity contribution in [2.45, 2.75) is 5.75 Å². The molecule has 2 heterocycles. The van der Waals surface area contributed by atoms with Gasteiger partial charge in [-0.15, -0.1) is 0 Å².